The fourth-order valence-corrected chi connectivity index (χ4v) is 5.29. The van der Waals surface area contributed by atoms with E-state index >= 15 is 0 Å². The molecule has 8 heteroatoms. The van der Waals surface area contributed by atoms with E-state index in [1.807, 2.05) is 12.1 Å². The Balaban J connectivity index is 1.29. The number of nitrogens with zero attached hydrogens (tertiary/aromatic N) is 2. The Morgan fingerprint density at radius 1 is 1.06 bits per heavy atom. The number of hydrogen-bond acceptors (Lipinski definition) is 4. The number of piperidine rings is 1. The normalized spacial score (nSPS) is 19.3. The fourth-order valence-electron chi connectivity index (χ4n) is 5.29. The van der Waals surface area contributed by atoms with E-state index in [0.717, 1.165) is 31.2 Å². The van der Waals surface area contributed by atoms with E-state index in [1.165, 1.54) is 18.6 Å². The summed E-state index contributed by atoms with van der Waals surface area (Å²) in [6.07, 6.45) is 9.95. The number of carbonyl (C=O) groups is 2. The molecular weight excluding hydrogens is 433 g/mol. The molecule has 4 rings (SSSR count). The highest BCUT2D eigenvalue weighted by atomic mass is 19.1. The molecule has 0 radical (unpaired) electrons. The van der Waals surface area contributed by atoms with Gasteiger partial charge in [0.2, 0.25) is 5.91 Å². The van der Waals surface area contributed by atoms with Crippen LogP contribution in [0.4, 0.5) is 14.9 Å². The average molecular weight is 468 g/mol. The first kappa shape index (κ1) is 24.1. The first-order valence-corrected chi connectivity index (χ1v) is 12.2. The SMILES string of the molecule is NC(C(=O)NCC1(c2ccc(F)cc2)CCCCC1)C1CCN(C(=O)Nc2ccncc2)CC1. The van der Waals surface area contributed by atoms with Gasteiger partial charge in [-0.05, 0) is 61.4 Å². The number of likely N-dealkylation sites (tertiary alicyclic amines) is 1. The Hall–Kier alpha value is -3.00. The van der Waals surface area contributed by atoms with Gasteiger partial charge in [0.15, 0.2) is 0 Å². The number of rotatable bonds is 6. The lowest BCUT2D eigenvalue weighted by atomic mass is 9.69. The highest BCUT2D eigenvalue weighted by Crippen LogP contribution is 2.39. The largest absolute Gasteiger partial charge is 0.354 e. The second-order valence-electron chi connectivity index (χ2n) is 9.58. The third-order valence-electron chi connectivity index (χ3n) is 7.44. The molecule has 34 heavy (non-hydrogen) atoms. The third-order valence-corrected chi connectivity index (χ3v) is 7.44. The van der Waals surface area contributed by atoms with Gasteiger partial charge in [0.05, 0.1) is 6.04 Å². The van der Waals surface area contributed by atoms with Gasteiger partial charge in [-0.15, -0.1) is 0 Å². The number of amides is 3. The maximum absolute atomic E-state index is 13.5. The van der Waals surface area contributed by atoms with E-state index < -0.39 is 6.04 Å². The molecule has 4 N–H and O–H groups in total. The molecule has 7 nitrogen and oxygen atoms in total. The van der Waals surface area contributed by atoms with Crippen molar-refractivity contribution in [3.8, 4) is 0 Å². The Morgan fingerprint density at radius 2 is 1.71 bits per heavy atom. The number of hydrogen-bond donors (Lipinski definition) is 3. The molecule has 1 aliphatic carbocycles. The predicted molar refractivity (Wildman–Crippen MR) is 130 cm³/mol. The smallest absolute Gasteiger partial charge is 0.321 e. The Labute approximate surface area is 200 Å². The fraction of sp³-hybridized carbons (Fsp3) is 0.500. The van der Waals surface area contributed by atoms with Crippen molar-refractivity contribution < 1.29 is 14.0 Å². The van der Waals surface area contributed by atoms with E-state index in [9.17, 15) is 14.0 Å². The lowest BCUT2D eigenvalue weighted by Gasteiger charge is -2.39. The third kappa shape index (κ3) is 5.73. The number of pyridine rings is 1. The number of nitrogens with two attached hydrogens (primary N) is 1. The van der Waals surface area contributed by atoms with Gasteiger partial charge in [-0.2, -0.15) is 0 Å². The van der Waals surface area contributed by atoms with Crippen LogP contribution in [-0.4, -0.2) is 47.5 Å². The zero-order valence-corrected chi connectivity index (χ0v) is 19.5. The molecule has 0 spiro atoms. The van der Waals surface area contributed by atoms with E-state index in [4.69, 9.17) is 5.73 Å². The van der Waals surface area contributed by atoms with Crippen LogP contribution in [0.15, 0.2) is 48.8 Å². The van der Waals surface area contributed by atoms with E-state index in [0.29, 0.717) is 38.2 Å². The second-order valence-corrected chi connectivity index (χ2v) is 9.58. The lowest BCUT2D eigenvalue weighted by Crippen LogP contribution is -2.52. The average Bonchev–Trinajstić information content (AvgIpc) is 2.88. The maximum Gasteiger partial charge on any atom is 0.321 e. The minimum Gasteiger partial charge on any atom is -0.354 e. The van der Waals surface area contributed by atoms with Gasteiger partial charge < -0.3 is 21.3 Å². The molecule has 1 aromatic heterocycles. The van der Waals surface area contributed by atoms with Gasteiger partial charge in [0.25, 0.3) is 0 Å². The monoisotopic (exact) mass is 467 g/mol. The molecule has 1 atom stereocenters. The number of aromatic nitrogens is 1. The van der Waals surface area contributed by atoms with Gasteiger partial charge >= 0.3 is 6.03 Å². The number of urea groups is 1. The second kappa shape index (κ2) is 11.0. The minimum atomic E-state index is -0.612. The van der Waals surface area contributed by atoms with E-state index in [2.05, 4.69) is 15.6 Å². The molecule has 1 unspecified atom stereocenters. The van der Waals surface area contributed by atoms with Gasteiger partial charge in [0, 0.05) is 43.1 Å². The molecule has 1 aromatic carbocycles. The molecule has 2 aromatic rings. The lowest BCUT2D eigenvalue weighted by molar-refractivity contribution is -0.124. The van der Waals surface area contributed by atoms with Crippen LogP contribution in [0.3, 0.4) is 0 Å². The van der Waals surface area contributed by atoms with Gasteiger partial charge in [-0.3, -0.25) is 9.78 Å². The molecule has 3 amide bonds. The van der Waals surface area contributed by atoms with Crippen LogP contribution in [0, 0.1) is 11.7 Å². The van der Waals surface area contributed by atoms with Crippen molar-refractivity contribution in [3.63, 3.8) is 0 Å². The molecular formula is C26H34FN5O2. The van der Waals surface area contributed by atoms with Crippen LogP contribution in [0.2, 0.25) is 0 Å². The summed E-state index contributed by atoms with van der Waals surface area (Å²) in [6, 6.07) is 9.42. The van der Waals surface area contributed by atoms with Crippen LogP contribution in [-0.2, 0) is 10.2 Å². The first-order valence-electron chi connectivity index (χ1n) is 12.2. The van der Waals surface area contributed by atoms with Gasteiger partial charge in [-0.25, -0.2) is 9.18 Å². The van der Waals surface area contributed by atoms with Crippen molar-refractivity contribution in [1.82, 2.24) is 15.2 Å². The quantitative estimate of drug-likeness (QED) is 0.601. The van der Waals surface area contributed by atoms with Crippen molar-refractivity contribution in [2.75, 3.05) is 25.0 Å². The Bertz CT molecular complexity index is 955. The zero-order valence-electron chi connectivity index (χ0n) is 19.5. The first-order chi connectivity index (χ1) is 16.5. The molecule has 2 aliphatic rings. The summed E-state index contributed by atoms with van der Waals surface area (Å²) in [5, 5.41) is 5.98. The van der Waals surface area contributed by atoms with Crippen LogP contribution >= 0.6 is 0 Å². The van der Waals surface area contributed by atoms with Crippen LogP contribution in [0.5, 0.6) is 0 Å². The molecule has 1 aliphatic heterocycles. The van der Waals surface area contributed by atoms with Crippen molar-refractivity contribution in [1.29, 1.82) is 0 Å². The number of nitrogens with one attached hydrogen (secondary N) is 2. The Morgan fingerprint density at radius 3 is 2.35 bits per heavy atom. The molecule has 2 heterocycles. The summed E-state index contributed by atoms with van der Waals surface area (Å²) >= 11 is 0. The summed E-state index contributed by atoms with van der Waals surface area (Å²) in [7, 11) is 0. The number of carbonyl (C=O) groups excluding carboxylic acids is 2. The van der Waals surface area contributed by atoms with Crippen molar-refractivity contribution in [2.24, 2.45) is 11.7 Å². The maximum atomic E-state index is 13.5. The molecule has 2 fully saturated rings. The topological polar surface area (TPSA) is 100 Å². The highest BCUT2D eigenvalue weighted by molar-refractivity contribution is 5.89. The van der Waals surface area contributed by atoms with Crippen molar-refractivity contribution in [2.45, 2.75) is 56.4 Å². The van der Waals surface area contributed by atoms with Gasteiger partial charge in [-0.1, -0.05) is 31.4 Å². The zero-order chi connectivity index (χ0) is 24.0. The summed E-state index contributed by atoms with van der Waals surface area (Å²) in [5.41, 5.74) is 7.98. The van der Waals surface area contributed by atoms with Crippen molar-refractivity contribution >= 4 is 17.6 Å². The van der Waals surface area contributed by atoms with Crippen LogP contribution < -0.4 is 16.4 Å². The van der Waals surface area contributed by atoms with Crippen LogP contribution in [0.25, 0.3) is 0 Å². The van der Waals surface area contributed by atoms with Crippen molar-refractivity contribution in [3.05, 3.63) is 60.2 Å². The number of halogens is 1. The summed E-state index contributed by atoms with van der Waals surface area (Å²) < 4.78 is 13.5. The number of anilines is 1. The predicted octanol–water partition coefficient (Wildman–Crippen LogP) is 3.81. The molecule has 182 valence electrons. The molecule has 1 saturated carbocycles. The summed E-state index contributed by atoms with van der Waals surface area (Å²) in [6.45, 7) is 1.63. The van der Waals surface area contributed by atoms with Crippen LogP contribution in [0.1, 0.15) is 50.5 Å². The number of benzene rings is 1. The Kier molecular flexibility index (Phi) is 7.77. The summed E-state index contributed by atoms with van der Waals surface area (Å²) in [4.78, 5) is 31.2. The van der Waals surface area contributed by atoms with Gasteiger partial charge in [0.1, 0.15) is 5.82 Å². The van der Waals surface area contributed by atoms with E-state index in [-0.39, 0.29) is 29.1 Å². The highest BCUT2D eigenvalue weighted by Gasteiger charge is 2.36. The minimum absolute atomic E-state index is 0.0260. The molecule has 0 bridgehead atoms. The summed E-state index contributed by atoms with van der Waals surface area (Å²) in [5.74, 6) is -0.369. The van der Waals surface area contributed by atoms with E-state index in [1.54, 1.807) is 29.4 Å². The molecule has 1 saturated heterocycles. The standard InChI is InChI=1S/C26H34FN5O2/c27-21-6-4-20(5-7-21)26(12-2-1-3-13-26)18-30-24(33)23(28)19-10-16-32(17-11-19)25(34)31-22-8-14-29-15-9-22/h4-9,14-15,19,23H,1-3,10-13,16-18,28H2,(H,30,33)(H,29,31,34).